The normalized spacial score (nSPS) is 10.7. The summed E-state index contributed by atoms with van der Waals surface area (Å²) in [4.78, 5) is 10.9. The van der Waals surface area contributed by atoms with Gasteiger partial charge in [0.05, 0.1) is 21.4 Å². The highest BCUT2D eigenvalue weighted by atomic mass is 79.9. The molecular weight excluding hydrogens is 341 g/mol. The number of carboxylic acids is 1. The van der Waals surface area contributed by atoms with Crippen molar-refractivity contribution in [3.8, 4) is 0 Å². The highest BCUT2D eigenvalue weighted by Crippen LogP contribution is 2.27. The van der Waals surface area contributed by atoms with Crippen molar-refractivity contribution in [2.24, 2.45) is 7.05 Å². The Labute approximate surface area is 129 Å². The van der Waals surface area contributed by atoms with Crippen LogP contribution in [0.5, 0.6) is 0 Å². The van der Waals surface area contributed by atoms with E-state index in [1.54, 1.807) is 4.68 Å². The summed E-state index contributed by atoms with van der Waals surface area (Å²) in [7, 11) is 1.85. The lowest BCUT2D eigenvalue weighted by molar-refractivity contribution is 0.0695. The second-order valence-corrected chi connectivity index (χ2v) is 5.51. The van der Waals surface area contributed by atoms with Crippen LogP contribution in [0.2, 0.25) is 0 Å². The minimum Gasteiger partial charge on any atom is -0.478 e. The lowest BCUT2D eigenvalue weighted by atomic mass is 10.1. The van der Waals surface area contributed by atoms with Gasteiger partial charge in [-0.1, -0.05) is 0 Å². The van der Waals surface area contributed by atoms with Crippen LogP contribution in [0.4, 0.5) is 10.1 Å². The first-order chi connectivity index (χ1) is 9.82. The van der Waals surface area contributed by atoms with Crippen LogP contribution in [0, 0.1) is 19.7 Å². The highest BCUT2D eigenvalue weighted by Gasteiger charge is 2.16. The van der Waals surface area contributed by atoms with Crippen molar-refractivity contribution in [1.29, 1.82) is 0 Å². The molecule has 0 unspecified atom stereocenters. The van der Waals surface area contributed by atoms with Crippen molar-refractivity contribution in [2.75, 3.05) is 5.32 Å². The number of carboxylic acid groups (broad SMARTS) is 1. The number of hydrogen-bond acceptors (Lipinski definition) is 3. The molecule has 7 heteroatoms. The van der Waals surface area contributed by atoms with E-state index in [4.69, 9.17) is 5.11 Å². The maximum absolute atomic E-state index is 14.1. The molecule has 0 saturated heterocycles. The summed E-state index contributed by atoms with van der Waals surface area (Å²) >= 11 is 2.98. The number of nitrogens with one attached hydrogen (secondary N) is 1. The zero-order chi connectivity index (χ0) is 15.7. The highest BCUT2D eigenvalue weighted by molar-refractivity contribution is 9.10. The Morgan fingerprint density at radius 3 is 2.67 bits per heavy atom. The van der Waals surface area contributed by atoms with Gasteiger partial charge < -0.3 is 10.4 Å². The summed E-state index contributed by atoms with van der Waals surface area (Å²) in [6.45, 7) is 4.25. The number of rotatable bonds is 4. The van der Waals surface area contributed by atoms with Gasteiger partial charge in [0.15, 0.2) is 5.82 Å². The smallest absolute Gasteiger partial charge is 0.336 e. The van der Waals surface area contributed by atoms with Gasteiger partial charge in [0.1, 0.15) is 0 Å². The van der Waals surface area contributed by atoms with Crippen LogP contribution < -0.4 is 5.32 Å². The Hall–Kier alpha value is -1.89. The Kier molecular flexibility index (Phi) is 4.32. The molecule has 2 N–H and O–H groups in total. The maximum Gasteiger partial charge on any atom is 0.336 e. The number of benzene rings is 1. The van der Waals surface area contributed by atoms with E-state index >= 15 is 0 Å². The molecule has 21 heavy (non-hydrogen) atoms. The van der Waals surface area contributed by atoms with Crippen LogP contribution in [0.3, 0.4) is 0 Å². The van der Waals surface area contributed by atoms with Crippen molar-refractivity contribution in [2.45, 2.75) is 20.4 Å². The Morgan fingerprint density at radius 1 is 1.48 bits per heavy atom. The van der Waals surface area contributed by atoms with Gasteiger partial charge in [-0.2, -0.15) is 5.10 Å². The first-order valence-electron chi connectivity index (χ1n) is 6.27. The van der Waals surface area contributed by atoms with E-state index in [1.165, 1.54) is 12.1 Å². The third-order valence-corrected chi connectivity index (χ3v) is 4.20. The molecule has 0 bridgehead atoms. The van der Waals surface area contributed by atoms with Gasteiger partial charge in [-0.15, -0.1) is 0 Å². The summed E-state index contributed by atoms with van der Waals surface area (Å²) in [5.41, 5.74) is 3.02. The lowest BCUT2D eigenvalue weighted by Crippen LogP contribution is -2.06. The minimum absolute atomic E-state index is 0.0559. The fourth-order valence-electron chi connectivity index (χ4n) is 2.11. The summed E-state index contributed by atoms with van der Waals surface area (Å²) in [5.74, 6) is -1.79. The minimum atomic E-state index is -1.17. The van der Waals surface area contributed by atoms with Crippen molar-refractivity contribution >= 4 is 27.6 Å². The summed E-state index contributed by atoms with van der Waals surface area (Å²) < 4.78 is 15.9. The van der Waals surface area contributed by atoms with Gasteiger partial charge in [0.25, 0.3) is 0 Å². The monoisotopic (exact) mass is 355 g/mol. The molecule has 0 spiro atoms. The molecule has 0 aliphatic heterocycles. The number of aromatic nitrogens is 2. The standard InChI is InChI=1S/C14H15BrFN3O2/c1-7-10(8(2)19(3)18-7)6-17-11-5-4-9(14(20)21)12(15)13(11)16/h4-5,17H,6H2,1-3H3,(H,20,21). The number of halogens is 2. The lowest BCUT2D eigenvalue weighted by Gasteiger charge is -2.10. The van der Waals surface area contributed by atoms with Gasteiger partial charge in [-0.05, 0) is 41.9 Å². The van der Waals surface area contributed by atoms with E-state index < -0.39 is 11.8 Å². The molecule has 2 rings (SSSR count). The number of aromatic carboxylic acids is 1. The van der Waals surface area contributed by atoms with Crippen LogP contribution in [0.15, 0.2) is 16.6 Å². The van der Waals surface area contributed by atoms with Crippen LogP contribution in [-0.2, 0) is 13.6 Å². The first-order valence-corrected chi connectivity index (χ1v) is 7.06. The number of nitrogens with zero attached hydrogens (tertiary/aromatic N) is 2. The molecule has 0 aliphatic rings. The third kappa shape index (κ3) is 2.92. The largest absolute Gasteiger partial charge is 0.478 e. The molecule has 2 aromatic rings. The van der Waals surface area contributed by atoms with Gasteiger partial charge in [-0.3, -0.25) is 4.68 Å². The number of hydrogen-bond donors (Lipinski definition) is 2. The van der Waals surface area contributed by atoms with E-state index in [0.29, 0.717) is 6.54 Å². The molecule has 0 saturated carbocycles. The third-order valence-electron chi connectivity index (χ3n) is 3.43. The number of carbonyl (C=O) groups is 1. The summed E-state index contributed by atoms with van der Waals surface area (Å²) in [6.07, 6.45) is 0. The topological polar surface area (TPSA) is 67.2 Å². The predicted molar refractivity (Wildman–Crippen MR) is 81.1 cm³/mol. The Morgan fingerprint density at radius 2 is 2.14 bits per heavy atom. The first kappa shape index (κ1) is 15.5. The quantitative estimate of drug-likeness (QED) is 0.883. The van der Waals surface area contributed by atoms with E-state index in [2.05, 4.69) is 26.3 Å². The van der Waals surface area contributed by atoms with Gasteiger partial charge in [0.2, 0.25) is 0 Å². The van der Waals surface area contributed by atoms with Gasteiger partial charge >= 0.3 is 5.97 Å². The molecule has 1 aromatic heterocycles. The van der Waals surface area contributed by atoms with E-state index in [1.807, 2.05) is 20.9 Å². The van der Waals surface area contributed by atoms with Crippen molar-refractivity contribution in [3.63, 3.8) is 0 Å². The maximum atomic E-state index is 14.1. The molecule has 0 atom stereocenters. The molecule has 1 heterocycles. The molecular formula is C14H15BrFN3O2. The van der Waals surface area contributed by atoms with Gasteiger partial charge in [-0.25, -0.2) is 9.18 Å². The van der Waals surface area contributed by atoms with Crippen molar-refractivity contribution in [3.05, 3.63) is 44.9 Å². The van der Waals surface area contributed by atoms with Crippen molar-refractivity contribution < 1.29 is 14.3 Å². The van der Waals surface area contributed by atoms with Crippen LogP contribution in [-0.4, -0.2) is 20.9 Å². The van der Waals surface area contributed by atoms with Crippen molar-refractivity contribution in [1.82, 2.24) is 9.78 Å². The second-order valence-electron chi connectivity index (χ2n) is 4.72. The number of aryl methyl sites for hydroxylation is 2. The van der Waals surface area contributed by atoms with E-state index in [-0.39, 0.29) is 15.7 Å². The summed E-state index contributed by atoms with van der Waals surface area (Å²) in [6, 6.07) is 2.78. The molecule has 0 radical (unpaired) electrons. The average molecular weight is 356 g/mol. The fourth-order valence-corrected chi connectivity index (χ4v) is 2.62. The van der Waals surface area contributed by atoms with E-state index in [9.17, 15) is 9.18 Å². The molecule has 112 valence electrons. The van der Waals surface area contributed by atoms with Gasteiger partial charge in [0, 0.05) is 24.8 Å². The van der Waals surface area contributed by atoms with E-state index in [0.717, 1.165) is 17.0 Å². The molecule has 0 aliphatic carbocycles. The summed E-state index contributed by atoms with van der Waals surface area (Å²) in [5, 5.41) is 16.2. The predicted octanol–water partition coefficient (Wildman–Crippen LogP) is 3.25. The SMILES string of the molecule is Cc1nn(C)c(C)c1CNc1ccc(C(=O)O)c(Br)c1F. The Balaban J connectivity index is 2.25. The zero-order valence-corrected chi connectivity index (χ0v) is 13.5. The molecule has 0 fully saturated rings. The zero-order valence-electron chi connectivity index (χ0n) is 11.9. The van der Waals surface area contributed by atoms with Crippen LogP contribution in [0.25, 0.3) is 0 Å². The fraction of sp³-hybridized carbons (Fsp3) is 0.286. The second kappa shape index (κ2) is 5.85. The molecule has 5 nitrogen and oxygen atoms in total. The molecule has 0 amide bonds. The van der Waals surface area contributed by atoms with Crippen LogP contribution >= 0.6 is 15.9 Å². The van der Waals surface area contributed by atoms with Crippen LogP contribution in [0.1, 0.15) is 27.3 Å². The number of anilines is 1. The molecule has 1 aromatic carbocycles. The Bertz CT molecular complexity index is 713. The average Bonchev–Trinajstić information content (AvgIpc) is 2.65.